The number of hydrogen-bond acceptors (Lipinski definition) is 3. The molecule has 0 aliphatic rings. The molecule has 16 heavy (non-hydrogen) atoms. The molecule has 0 spiro atoms. The lowest BCUT2D eigenvalue weighted by Crippen LogP contribution is -2.16. The Morgan fingerprint density at radius 3 is 1.62 bits per heavy atom. The molecule has 0 atom stereocenters. The maximum atomic E-state index is 13.2. The standard InChI is InChI=1S/C8H6F4N2O2/c1-13(2)7-3(9)5(11)8(14(15)16)6(12)4(7)10/h1-2H3. The molecule has 1 rings (SSSR count). The summed E-state index contributed by atoms with van der Waals surface area (Å²) in [4.78, 5) is 9.47. The van der Waals surface area contributed by atoms with E-state index in [0.717, 1.165) is 19.0 Å². The first-order valence-electron chi connectivity index (χ1n) is 3.96. The summed E-state index contributed by atoms with van der Waals surface area (Å²) in [5, 5.41) is 10.2. The molecule has 0 N–H and O–H groups in total. The molecule has 0 heterocycles. The lowest BCUT2D eigenvalue weighted by molar-refractivity contribution is -0.390. The second-order valence-electron chi connectivity index (χ2n) is 3.10. The highest BCUT2D eigenvalue weighted by atomic mass is 19.2. The molecule has 0 radical (unpaired) electrons. The minimum atomic E-state index is -2.02. The Bertz CT molecular complexity index is 433. The molecule has 0 aliphatic carbocycles. The lowest BCUT2D eigenvalue weighted by atomic mass is 10.2. The number of hydrogen-bond donors (Lipinski definition) is 0. The van der Waals surface area contributed by atoms with Crippen LogP contribution in [0.4, 0.5) is 28.9 Å². The van der Waals surface area contributed by atoms with Gasteiger partial charge < -0.3 is 4.90 Å². The van der Waals surface area contributed by atoms with E-state index in [-0.39, 0.29) is 0 Å². The van der Waals surface area contributed by atoms with Crippen molar-refractivity contribution in [2.75, 3.05) is 19.0 Å². The Hall–Kier alpha value is -1.86. The zero-order chi connectivity index (χ0) is 12.6. The average Bonchev–Trinajstić information content (AvgIpc) is 2.14. The van der Waals surface area contributed by atoms with E-state index in [9.17, 15) is 27.7 Å². The van der Waals surface area contributed by atoms with E-state index < -0.39 is 39.6 Å². The quantitative estimate of drug-likeness (QED) is 0.343. The fraction of sp³-hybridized carbons (Fsp3) is 0.250. The smallest absolute Gasteiger partial charge is 0.346 e. The molecule has 0 saturated heterocycles. The molecule has 0 unspecified atom stereocenters. The molecule has 0 bridgehead atoms. The highest BCUT2D eigenvalue weighted by molar-refractivity contribution is 5.54. The normalized spacial score (nSPS) is 10.4. The molecule has 1 aromatic carbocycles. The Labute approximate surface area is 87.2 Å². The van der Waals surface area contributed by atoms with Crippen molar-refractivity contribution < 1.29 is 22.5 Å². The van der Waals surface area contributed by atoms with Gasteiger partial charge in [-0.25, -0.2) is 8.78 Å². The Morgan fingerprint density at radius 1 is 1.00 bits per heavy atom. The van der Waals surface area contributed by atoms with Gasteiger partial charge in [0.25, 0.3) is 0 Å². The van der Waals surface area contributed by atoms with Gasteiger partial charge in [0.05, 0.1) is 4.92 Å². The topological polar surface area (TPSA) is 46.4 Å². The van der Waals surface area contributed by atoms with Gasteiger partial charge in [0.15, 0.2) is 11.6 Å². The molecular weight excluding hydrogens is 232 g/mol. The number of anilines is 1. The van der Waals surface area contributed by atoms with Gasteiger partial charge in [0, 0.05) is 14.1 Å². The summed E-state index contributed by atoms with van der Waals surface area (Å²) >= 11 is 0. The minimum absolute atomic E-state index is 0.778. The van der Waals surface area contributed by atoms with E-state index >= 15 is 0 Å². The Kier molecular flexibility index (Phi) is 3.02. The van der Waals surface area contributed by atoms with Gasteiger partial charge in [-0.1, -0.05) is 0 Å². The first-order chi connectivity index (χ1) is 7.29. The molecule has 0 aliphatic heterocycles. The second-order valence-corrected chi connectivity index (χ2v) is 3.10. The van der Waals surface area contributed by atoms with Crippen LogP contribution in [0.15, 0.2) is 0 Å². The van der Waals surface area contributed by atoms with E-state index in [2.05, 4.69) is 0 Å². The van der Waals surface area contributed by atoms with Crippen LogP contribution in [-0.4, -0.2) is 19.0 Å². The Balaban J connectivity index is 3.70. The molecule has 1 aromatic rings. The molecule has 0 saturated carbocycles. The maximum absolute atomic E-state index is 13.2. The van der Waals surface area contributed by atoms with Crippen LogP contribution in [0.2, 0.25) is 0 Å². The van der Waals surface area contributed by atoms with Crippen LogP contribution in [0.5, 0.6) is 0 Å². The fourth-order valence-electron chi connectivity index (χ4n) is 1.16. The number of halogens is 4. The number of nitro groups is 1. The van der Waals surface area contributed by atoms with Crippen LogP contribution in [0.1, 0.15) is 0 Å². The molecule has 4 nitrogen and oxygen atoms in total. The van der Waals surface area contributed by atoms with Crippen LogP contribution in [0.25, 0.3) is 0 Å². The molecule has 0 amide bonds. The average molecular weight is 238 g/mol. The van der Waals surface area contributed by atoms with Crippen molar-refractivity contribution in [3.8, 4) is 0 Å². The zero-order valence-corrected chi connectivity index (χ0v) is 8.22. The van der Waals surface area contributed by atoms with Crippen molar-refractivity contribution in [1.29, 1.82) is 0 Å². The number of nitrogens with zero attached hydrogens (tertiary/aromatic N) is 2. The number of rotatable bonds is 2. The summed E-state index contributed by atoms with van der Waals surface area (Å²) in [5.74, 6) is -7.63. The fourth-order valence-corrected chi connectivity index (χ4v) is 1.16. The number of nitro benzene ring substituents is 1. The molecule has 8 heteroatoms. The van der Waals surface area contributed by atoms with Crippen LogP contribution in [0, 0.1) is 33.4 Å². The minimum Gasteiger partial charge on any atom is -0.373 e. The van der Waals surface area contributed by atoms with Crippen LogP contribution < -0.4 is 4.90 Å². The van der Waals surface area contributed by atoms with Crippen LogP contribution in [-0.2, 0) is 0 Å². The maximum Gasteiger partial charge on any atom is 0.346 e. The molecule has 88 valence electrons. The first-order valence-corrected chi connectivity index (χ1v) is 3.96. The predicted molar refractivity (Wildman–Crippen MR) is 47.3 cm³/mol. The van der Waals surface area contributed by atoms with Crippen molar-refractivity contribution in [2.24, 2.45) is 0 Å². The van der Waals surface area contributed by atoms with Gasteiger partial charge >= 0.3 is 5.69 Å². The van der Waals surface area contributed by atoms with E-state index in [1.165, 1.54) is 0 Å². The van der Waals surface area contributed by atoms with E-state index in [1.807, 2.05) is 0 Å². The third kappa shape index (κ3) is 1.66. The van der Waals surface area contributed by atoms with E-state index in [0.29, 0.717) is 0 Å². The van der Waals surface area contributed by atoms with Crippen molar-refractivity contribution in [3.05, 3.63) is 33.4 Å². The molecular formula is C8H6F4N2O2. The van der Waals surface area contributed by atoms with Crippen molar-refractivity contribution in [1.82, 2.24) is 0 Å². The van der Waals surface area contributed by atoms with Gasteiger partial charge in [-0.05, 0) is 0 Å². The highest BCUT2D eigenvalue weighted by Crippen LogP contribution is 2.33. The lowest BCUT2D eigenvalue weighted by Gasteiger charge is -2.15. The number of benzene rings is 1. The van der Waals surface area contributed by atoms with Gasteiger partial charge in [0.1, 0.15) is 5.69 Å². The summed E-state index contributed by atoms with van der Waals surface area (Å²) in [6.45, 7) is 0. The van der Waals surface area contributed by atoms with Gasteiger partial charge in [-0.2, -0.15) is 8.78 Å². The summed E-state index contributed by atoms with van der Waals surface area (Å²) in [7, 11) is 2.29. The van der Waals surface area contributed by atoms with Gasteiger partial charge in [-0.3, -0.25) is 10.1 Å². The van der Waals surface area contributed by atoms with Crippen molar-refractivity contribution in [3.63, 3.8) is 0 Å². The van der Waals surface area contributed by atoms with Crippen LogP contribution >= 0.6 is 0 Å². The summed E-state index contributed by atoms with van der Waals surface area (Å²) in [6, 6.07) is 0. The zero-order valence-electron chi connectivity index (χ0n) is 8.22. The third-order valence-corrected chi connectivity index (χ3v) is 1.85. The highest BCUT2D eigenvalue weighted by Gasteiger charge is 2.33. The summed E-state index contributed by atoms with van der Waals surface area (Å²) < 4.78 is 52.5. The van der Waals surface area contributed by atoms with E-state index in [1.54, 1.807) is 0 Å². The van der Waals surface area contributed by atoms with E-state index in [4.69, 9.17) is 0 Å². The first kappa shape index (κ1) is 12.2. The Morgan fingerprint density at radius 2 is 1.38 bits per heavy atom. The van der Waals surface area contributed by atoms with Gasteiger partial charge in [0.2, 0.25) is 11.6 Å². The molecule has 0 fully saturated rings. The predicted octanol–water partition coefficient (Wildman–Crippen LogP) is 2.22. The summed E-state index contributed by atoms with van der Waals surface area (Å²) in [6.07, 6.45) is 0. The second kappa shape index (κ2) is 3.95. The van der Waals surface area contributed by atoms with Gasteiger partial charge in [-0.15, -0.1) is 0 Å². The van der Waals surface area contributed by atoms with Crippen LogP contribution in [0.3, 0.4) is 0 Å². The molecule has 0 aromatic heterocycles. The summed E-state index contributed by atoms with van der Waals surface area (Å²) in [5.41, 5.74) is -2.83. The monoisotopic (exact) mass is 238 g/mol. The largest absolute Gasteiger partial charge is 0.373 e. The third-order valence-electron chi connectivity index (χ3n) is 1.85. The van der Waals surface area contributed by atoms with Crippen molar-refractivity contribution in [2.45, 2.75) is 0 Å². The van der Waals surface area contributed by atoms with Crippen molar-refractivity contribution >= 4 is 11.4 Å². The SMILES string of the molecule is CN(C)c1c(F)c(F)c([N+](=O)[O-])c(F)c1F.